The Hall–Kier alpha value is -2.49. The van der Waals surface area contributed by atoms with Gasteiger partial charge in [-0.05, 0) is 19.1 Å². The molecule has 3 aromatic rings. The average Bonchev–Trinajstić information content (AvgIpc) is 2.79. The Kier molecular flexibility index (Phi) is 2.41. The third kappa shape index (κ3) is 1.59. The van der Waals surface area contributed by atoms with Gasteiger partial charge in [0.1, 0.15) is 5.69 Å². The van der Waals surface area contributed by atoms with Gasteiger partial charge in [0.25, 0.3) is 0 Å². The number of benzene rings is 1. The maximum atomic E-state index is 11.8. The lowest BCUT2D eigenvalue weighted by Crippen LogP contribution is -1.94. The molecule has 0 amide bonds. The molecule has 1 aromatic carbocycles. The van der Waals surface area contributed by atoms with E-state index in [-0.39, 0.29) is 5.78 Å². The molecule has 2 aromatic heterocycles. The molecule has 2 heterocycles. The molecule has 4 heteroatoms. The zero-order valence-corrected chi connectivity index (χ0v) is 9.87. The molecule has 0 fully saturated rings. The molecule has 0 atom stereocenters. The van der Waals surface area contributed by atoms with Crippen molar-refractivity contribution in [1.82, 2.24) is 14.8 Å². The van der Waals surface area contributed by atoms with Crippen LogP contribution < -0.4 is 0 Å². The third-order valence-corrected chi connectivity index (χ3v) is 2.82. The molecule has 0 aliphatic carbocycles. The van der Waals surface area contributed by atoms with Gasteiger partial charge in [-0.15, -0.1) is 5.10 Å². The Morgan fingerprint density at radius 3 is 2.61 bits per heavy atom. The first-order chi connectivity index (χ1) is 8.77. The van der Waals surface area contributed by atoms with Gasteiger partial charge in [0.15, 0.2) is 5.78 Å². The molecule has 0 N–H and O–H groups in total. The van der Waals surface area contributed by atoms with E-state index in [9.17, 15) is 4.79 Å². The van der Waals surface area contributed by atoms with Crippen LogP contribution in [0.1, 0.15) is 17.3 Å². The lowest BCUT2D eigenvalue weighted by molar-refractivity contribution is 0.102. The van der Waals surface area contributed by atoms with E-state index in [1.54, 1.807) is 19.2 Å². The number of carbonyl (C=O) groups excluding carboxylic acids is 1. The van der Waals surface area contributed by atoms with Crippen LogP contribution in [0.3, 0.4) is 0 Å². The molecule has 0 unspecified atom stereocenters. The molecule has 18 heavy (non-hydrogen) atoms. The van der Waals surface area contributed by atoms with Gasteiger partial charge in [-0.2, -0.15) is 9.73 Å². The summed E-state index contributed by atoms with van der Waals surface area (Å²) in [6.45, 7) is 1.55. The molecular formula is C14H11N3O. The van der Waals surface area contributed by atoms with Crippen LogP contribution in [0.4, 0.5) is 0 Å². The van der Waals surface area contributed by atoms with Crippen LogP contribution in [0.15, 0.2) is 48.7 Å². The summed E-state index contributed by atoms with van der Waals surface area (Å²) >= 11 is 0. The SMILES string of the molecule is CC(=O)c1c(-c2ccccc2)nn2ncccc12. The Morgan fingerprint density at radius 1 is 1.11 bits per heavy atom. The van der Waals surface area contributed by atoms with Crippen molar-refractivity contribution in [3.63, 3.8) is 0 Å². The summed E-state index contributed by atoms with van der Waals surface area (Å²) in [4.78, 5) is 11.8. The van der Waals surface area contributed by atoms with Gasteiger partial charge in [0, 0.05) is 11.8 Å². The normalized spacial score (nSPS) is 10.7. The number of aromatic nitrogens is 3. The topological polar surface area (TPSA) is 47.3 Å². The molecule has 0 saturated heterocycles. The minimum Gasteiger partial charge on any atom is -0.294 e. The Labute approximate surface area is 104 Å². The van der Waals surface area contributed by atoms with E-state index in [4.69, 9.17) is 0 Å². The summed E-state index contributed by atoms with van der Waals surface area (Å²) in [5.41, 5.74) is 2.97. The maximum Gasteiger partial charge on any atom is 0.164 e. The molecule has 3 rings (SSSR count). The van der Waals surface area contributed by atoms with E-state index in [1.165, 1.54) is 4.63 Å². The predicted molar refractivity (Wildman–Crippen MR) is 68.4 cm³/mol. The number of Topliss-reactive ketones (excluding diaryl/α,β-unsaturated/α-hetero) is 1. The van der Waals surface area contributed by atoms with E-state index in [2.05, 4.69) is 10.2 Å². The van der Waals surface area contributed by atoms with Crippen LogP contribution in [0.5, 0.6) is 0 Å². The predicted octanol–water partition coefficient (Wildman–Crippen LogP) is 2.60. The van der Waals surface area contributed by atoms with Gasteiger partial charge in [-0.1, -0.05) is 30.3 Å². The second kappa shape index (κ2) is 4.07. The Bertz CT molecular complexity index is 716. The van der Waals surface area contributed by atoms with Crippen molar-refractivity contribution in [3.05, 3.63) is 54.2 Å². The minimum atomic E-state index is -0.00291. The summed E-state index contributed by atoms with van der Waals surface area (Å²) in [7, 11) is 0. The number of ketones is 1. The molecule has 88 valence electrons. The number of hydrogen-bond acceptors (Lipinski definition) is 3. The summed E-state index contributed by atoms with van der Waals surface area (Å²) in [5, 5.41) is 8.51. The number of carbonyl (C=O) groups is 1. The summed E-state index contributed by atoms with van der Waals surface area (Å²) < 4.78 is 1.50. The molecule has 0 aliphatic heterocycles. The second-order valence-corrected chi connectivity index (χ2v) is 4.04. The Morgan fingerprint density at radius 2 is 1.89 bits per heavy atom. The first-order valence-electron chi connectivity index (χ1n) is 5.68. The lowest BCUT2D eigenvalue weighted by Gasteiger charge is -1.98. The lowest BCUT2D eigenvalue weighted by atomic mass is 10.0. The van der Waals surface area contributed by atoms with Gasteiger partial charge in [0.05, 0.1) is 11.1 Å². The van der Waals surface area contributed by atoms with Crippen molar-refractivity contribution < 1.29 is 4.79 Å². The number of rotatable bonds is 2. The van der Waals surface area contributed by atoms with E-state index >= 15 is 0 Å². The highest BCUT2D eigenvalue weighted by Crippen LogP contribution is 2.25. The average molecular weight is 237 g/mol. The van der Waals surface area contributed by atoms with E-state index in [0.717, 1.165) is 11.1 Å². The molecule has 4 nitrogen and oxygen atoms in total. The van der Waals surface area contributed by atoms with Crippen molar-refractivity contribution in [1.29, 1.82) is 0 Å². The van der Waals surface area contributed by atoms with Crippen molar-refractivity contribution in [2.24, 2.45) is 0 Å². The van der Waals surface area contributed by atoms with Gasteiger partial charge >= 0.3 is 0 Å². The van der Waals surface area contributed by atoms with Crippen LogP contribution in [0.2, 0.25) is 0 Å². The molecular weight excluding hydrogens is 226 g/mol. The monoisotopic (exact) mass is 237 g/mol. The fraction of sp³-hybridized carbons (Fsp3) is 0.0714. The van der Waals surface area contributed by atoms with E-state index in [0.29, 0.717) is 11.3 Å². The Balaban J connectivity index is 2.36. The number of hydrogen-bond donors (Lipinski definition) is 0. The van der Waals surface area contributed by atoms with Crippen LogP contribution in [0.25, 0.3) is 16.8 Å². The van der Waals surface area contributed by atoms with Crippen LogP contribution >= 0.6 is 0 Å². The standard InChI is InChI=1S/C14H11N3O/c1-10(18)13-12-8-5-9-15-17(12)16-14(13)11-6-3-2-4-7-11/h2-9H,1H3. The molecule has 0 spiro atoms. The highest BCUT2D eigenvalue weighted by Gasteiger charge is 2.17. The molecule has 0 bridgehead atoms. The maximum absolute atomic E-state index is 11.8. The van der Waals surface area contributed by atoms with Crippen LogP contribution in [-0.4, -0.2) is 20.6 Å². The largest absolute Gasteiger partial charge is 0.294 e. The first-order valence-corrected chi connectivity index (χ1v) is 5.68. The van der Waals surface area contributed by atoms with Crippen molar-refractivity contribution in [2.75, 3.05) is 0 Å². The summed E-state index contributed by atoms with van der Waals surface area (Å²) in [5.74, 6) is -0.00291. The number of nitrogens with zero attached hydrogens (tertiary/aromatic N) is 3. The minimum absolute atomic E-state index is 0.00291. The zero-order valence-electron chi connectivity index (χ0n) is 9.87. The first kappa shape index (κ1) is 10.7. The van der Waals surface area contributed by atoms with Gasteiger partial charge in [0.2, 0.25) is 0 Å². The molecule has 0 saturated carbocycles. The molecule has 0 radical (unpaired) electrons. The fourth-order valence-corrected chi connectivity index (χ4v) is 2.04. The van der Waals surface area contributed by atoms with Gasteiger partial charge < -0.3 is 0 Å². The van der Waals surface area contributed by atoms with E-state index < -0.39 is 0 Å². The van der Waals surface area contributed by atoms with Crippen LogP contribution in [-0.2, 0) is 0 Å². The number of fused-ring (bicyclic) bond motifs is 1. The highest BCUT2D eigenvalue weighted by atomic mass is 16.1. The quantitative estimate of drug-likeness (QED) is 0.643. The second-order valence-electron chi connectivity index (χ2n) is 4.04. The zero-order chi connectivity index (χ0) is 12.5. The molecule has 0 aliphatic rings. The van der Waals surface area contributed by atoms with Crippen molar-refractivity contribution in [3.8, 4) is 11.3 Å². The third-order valence-electron chi connectivity index (χ3n) is 2.82. The smallest absolute Gasteiger partial charge is 0.164 e. The van der Waals surface area contributed by atoms with Gasteiger partial charge in [-0.3, -0.25) is 4.79 Å². The van der Waals surface area contributed by atoms with Gasteiger partial charge in [-0.25, -0.2) is 0 Å². The van der Waals surface area contributed by atoms with Crippen molar-refractivity contribution >= 4 is 11.3 Å². The van der Waals surface area contributed by atoms with Crippen molar-refractivity contribution in [2.45, 2.75) is 6.92 Å². The fourth-order valence-electron chi connectivity index (χ4n) is 2.04. The highest BCUT2D eigenvalue weighted by molar-refractivity contribution is 6.06. The summed E-state index contributed by atoms with van der Waals surface area (Å²) in [6, 6.07) is 13.3. The van der Waals surface area contributed by atoms with Crippen LogP contribution in [0, 0.1) is 0 Å². The summed E-state index contributed by atoms with van der Waals surface area (Å²) in [6.07, 6.45) is 1.65. The van der Waals surface area contributed by atoms with E-state index in [1.807, 2.05) is 36.4 Å².